The van der Waals surface area contributed by atoms with Crippen molar-refractivity contribution in [2.45, 2.75) is 31.8 Å². The molecule has 2 rings (SSSR count). The molecule has 94 valence electrons. The van der Waals surface area contributed by atoms with Crippen LogP contribution in [0.2, 0.25) is 10.0 Å². The van der Waals surface area contributed by atoms with Gasteiger partial charge in [0, 0.05) is 16.1 Å². The van der Waals surface area contributed by atoms with Gasteiger partial charge in [0.15, 0.2) is 0 Å². The van der Waals surface area contributed by atoms with E-state index in [1.165, 1.54) is 0 Å². The summed E-state index contributed by atoms with van der Waals surface area (Å²) in [5, 5.41) is 1.39. The SMILES string of the molecule is CCN1CCCC(N)C1c1ccc(Cl)cc1Cl. The second-order valence-electron chi connectivity index (χ2n) is 4.55. The highest BCUT2D eigenvalue weighted by Gasteiger charge is 2.30. The van der Waals surface area contributed by atoms with E-state index in [4.69, 9.17) is 28.9 Å². The fourth-order valence-corrected chi connectivity index (χ4v) is 3.14. The molecule has 2 unspecified atom stereocenters. The minimum atomic E-state index is 0.155. The molecular formula is C13H18Cl2N2. The minimum Gasteiger partial charge on any atom is -0.326 e. The summed E-state index contributed by atoms with van der Waals surface area (Å²) in [7, 11) is 0. The van der Waals surface area contributed by atoms with Gasteiger partial charge in [-0.3, -0.25) is 4.90 Å². The van der Waals surface area contributed by atoms with Crippen molar-refractivity contribution in [3.63, 3.8) is 0 Å². The van der Waals surface area contributed by atoms with Crippen molar-refractivity contribution >= 4 is 23.2 Å². The Bertz CT molecular complexity index is 395. The average molecular weight is 273 g/mol. The van der Waals surface area contributed by atoms with E-state index in [2.05, 4.69) is 11.8 Å². The molecule has 2 N–H and O–H groups in total. The Morgan fingerprint density at radius 3 is 2.82 bits per heavy atom. The second-order valence-corrected chi connectivity index (χ2v) is 5.39. The van der Waals surface area contributed by atoms with Gasteiger partial charge in [-0.15, -0.1) is 0 Å². The summed E-state index contributed by atoms with van der Waals surface area (Å²) in [5.41, 5.74) is 7.35. The number of nitrogens with two attached hydrogens (primary N) is 1. The van der Waals surface area contributed by atoms with E-state index in [0.29, 0.717) is 5.02 Å². The number of likely N-dealkylation sites (N-methyl/N-ethyl adjacent to an activating group) is 1. The summed E-state index contributed by atoms with van der Waals surface area (Å²) < 4.78 is 0. The van der Waals surface area contributed by atoms with E-state index < -0.39 is 0 Å². The Morgan fingerprint density at radius 1 is 1.41 bits per heavy atom. The van der Waals surface area contributed by atoms with Crippen LogP contribution >= 0.6 is 23.2 Å². The van der Waals surface area contributed by atoms with Crippen LogP contribution < -0.4 is 5.73 Å². The third-order valence-corrected chi connectivity index (χ3v) is 4.03. The standard InChI is InChI=1S/C13H18Cl2N2/c1-2-17-7-3-4-12(16)13(17)10-6-5-9(14)8-11(10)15/h5-6,8,12-13H,2-4,7,16H2,1H3. The molecule has 2 atom stereocenters. The van der Waals surface area contributed by atoms with Crippen LogP contribution in [0.4, 0.5) is 0 Å². The van der Waals surface area contributed by atoms with E-state index in [1.807, 2.05) is 12.1 Å². The van der Waals surface area contributed by atoms with Crippen LogP contribution in [0.25, 0.3) is 0 Å². The molecule has 0 amide bonds. The van der Waals surface area contributed by atoms with Gasteiger partial charge < -0.3 is 5.73 Å². The van der Waals surface area contributed by atoms with Gasteiger partial charge in [0.25, 0.3) is 0 Å². The molecular weight excluding hydrogens is 255 g/mol. The number of halogens is 2. The van der Waals surface area contributed by atoms with Crippen LogP contribution in [0.3, 0.4) is 0 Å². The number of hydrogen-bond donors (Lipinski definition) is 1. The van der Waals surface area contributed by atoms with Gasteiger partial charge in [0.05, 0.1) is 6.04 Å². The lowest BCUT2D eigenvalue weighted by molar-refractivity contribution is 0.136. The molecule has 1 aromatic carbocycles. The Balaban J connectivity index is 2.34. The fraction of sp³-hybridized carbons (Fsp3) is 0.538. The lowest BCUT2D eigenvalue weighted by Gasteiger charge is -2.39. The fourth-order valence-electron chi connectivity index (χ4n) is 2.62. The van der Waals surface area contributed by atoms with Crippen molar-refractivity contribution in [3.05, 3.63) is 33.8 Å². The van der Waals surface area contributed by atoms with Crippen molar-refractivity contribution < 1.29 is 0 Å². The maximum Gasteiger partial charge on any atom is 0.0513 e. The molecule has 1 aliphatic rings. The maximum absolute atomic E-state index is 6.28. The first kappa shape index (κ1) is 13.2. The summed E-state index contributed by atoms with van der Waals surface area (Å²) >= 11 is 12.2. The highest BCUT2D eigenvalue weighted by molar-refractivity contribution is 6.35. The van der Waals surface area contributed by atoms with E-state index in [0.717, 1.165) is 36.5 Å². The van der Waals surface area contributed by atoms with Crippen molar-refractivity contribution in [2.75, 3.05) is 13.1 Å². The minimum absolute atomic E-state index is 0.155. The Kier molecular flexibility index (Phi) is 4.31. The van der Waals surface area contributed by atoms with Crippen molar-refractivity contribution in [3.8, 4) is 0 Å². The maximum atomic E-state index is 6.28. The van der Waals surface area contributed by atoms with Gasteiger partial charge in [-0.2, -0.15) is 0 Å². The Hall–Kier alpha value is -0.280. The van der Waals surface area contributed by atoms with Crippen molar-refractivity contribution in [2.24, 2.45) is 5.73 Å². The summed E-state index contributed by atoms with van der Waals surface area (Å²) in [4.78, 5) is 2.39. The first-order valence-corrected chi connectivity index (χ1v) is 6.83. The van der Waals surface area contributed by atoms with Gasteiger partial charge in [-0.25, -0.2) is 0 Å². The van der Waals surface area contributed by atoms with Gasteiger partial charge in [0.1, 0.15) is 0 Å². The predicted octanol–water partition coefficient (Wildman–Crippen LogP) is 3.48. The third-order valence-electron chi connectivity index (χ3n) is 3.47. The van der Waals surface area contributed by atoms with Crippen LogP contribution in [-0.2, 0) is 0 Å². The zero-order chi connectivity index (χ0) is 12.4. The van der Waals surface area contributed by atoms with Crippen LogP contribution in [0.5, 0.6) is 0 Å². The monoisotopic (exact) mass is 272 g/mol. The van der Waals surface area contributed by atoms with Crippen LogP contribution in [0.1, 0.15) is 31.4 Å². The summed E-state index contributed by atoms with van der Waals surface area (Å²) in [6.45, 7) is 4.25. The number of benzene rings is 1. The number of nitrogens with zero attached hydrogens (tertiary/aromatic N) is 1. The molecule has 0 aliphatic carbocycles. The first-order valence-electron chi connectivity index (χ1n) is 6.08. The van der Waals surface area contributed by atoms with Crippen LogP contribution in [-0.4, -0.2) is 24.0 Å². The Labute approximate surface area is 113 Å². The molecule has 0 bridgehead atoms. The summed E-state index contributed by atoms with van der Waals surface area (Å²) in [6.07, 6.45) is 2.22. The third kappa shape index (κ3) is 2.76. The lowest BCUT2D eigenvalue weighted by atomic mass is 9.91. The summed E-state index contributed by atoms with van der Waals surface area (Å²) in [6, 6.07) is 6.07. The molecule has 0 spiro atoms. The summed E-state index contributed by atoms with van der Waals surface area (Å²) in [5.74, 6) is 0. The average Bonchev–Trinajstić information content (AvgIpc) is 2.30. The predicted molar refractivity (Wildman–Crippen MR) is 73.7 cm³/mol. The van der Waals surface area contributed by atoms with Gasteiger partial charge in [-0.05, 0) is 43.6 Å². The molecule has 1 aliphatic heterocycles. The highest BCUT2D eigenvalue weighted by Crippen LogP contribution is 2.35. The molecule has 1 saturated heterocycles. The van der Waals surface area contributed by atoms with Gasteiger partial charge in [-0.1, -0.05) is 36.2 Å². The molecule has 0 radical (unpaired) electrons. The van der Waals surface area contributed by atoms with E-state index in [-0.39, 0.29) is 12.1 Å². The number of rotatable bonds is 2. The van der Waals surface area contributed by atoms with E-state index in [1.54, 1.807) is 6.07 Å². The van der Waals surface area contributed by atoms with E-state index >= 15 is 0 Å². The van der Waals surface area contributed by atoms with Crippen LogP contribution in [0.15, 0.2) is 18.2 Å². The molecule has 0 aromatic heterocycles. The zero-order valence-corrected chi connectivity index (χ0v) is 11.5. The molecule has 1 fully saturated rings. The largest absolute Gasteiger partial charge is 0.326 e. The van der Waals surface area contributed by atoms with Gasteiger partial charge >= 0.3 is 0 Å². The Morgan fingerprint density at radius 2 is 2.18 bits per heavy atom. The quantitative estimate of drug-likeness (QED) is 0.893. The number of piperidine rings is 1. The molecule has 1 aromatic rings. The highest BCUT2D eigenvalue weighted by atomic mass is 35.5. The molecule has 17 heavy (non-hydrogen) atoms. The first-order chi connectivity index (χ1) is 8.13. The molecule has 4 heteroatoms. The number of likely N-dealkylation sites (tertiary alicyclic amines) is 1. The smallest absolute Gasteiger partial charge is 0.0513 e. The lowest BCUT2D eigenvalue weighted by Crippen LogP contribution is -2.45. The molecule has 1 heterocycles. The normalized spacial score (nSPS) is 26.1. The number of hydrogen-bond acceptors (Lipinski definition) is 2. The topological polar surface area (TPSA) is 29.3 Å². The molecule has 2 nitrogen and oxygen atoms in total. The van der Waals surface area contributed by atoms with Crippen molar-refractivity contribution in [1.82, 2.24) is 4.90 Å². The second kappa shape index (κ2) is 5.57. The van der Waals surface area contributed by atoms with Gasteiger partial charge in [0.2, 0.25) is 0 Å². The van der Waals surface area contributed by atoms with Crippen LogP contribution in [0, 0.1) is 0 Å². The van der Waals surface area contributed by atoms with E-state index in [9.17, 15) is 0 Å². The zero-order valence-electron chi connectivity index (χ0n) is 10.00. The van der Waals surface area contributed by atoms with Crippen molar-refractivity contribution in [1.29, 1.82) is 0 Å². The molecule has 0 saturated carbocycles.